The Morgan fingerprint density at radius 3 is 2.95 bits per heavy atom. The first-order chi connectivity index (χ1) is 9.66. The van der Waals surface area contributed by atoms with Gasteiger partial charge in [-0.3, -0.25) is 0 Å². The molecule has 0 fully saturated rings. The van der Waals surface area contributed by atoms with E-state index >= 15 is 0 Å². The minimum Gasteiger partial charge on any atom is -0.475 e. The lowest BCUT2D eigenvalue weighted by Gasteiger charge is -2.11. The molecule has 2 aromatic heterocycles. The maximum Gasteiger partial charge on any atom is 0.250 e. The molecule has 0 radical (unpaired) electrons. The van der Waals surface area contributed by atoms with Gasteiger partial charge in [0.1, 0.15) is 0 Å². The molecule has 0 aromatic carbocycles. The van der Waals surface area contributed by atoms with Gasteiger partial charge < -0.3 is 10.1 Å². The molecule has 2 heterocycles. The summed E-state index contributed by atoms with van der Waals surface area (Å²) in [4.78, 5) is 5.19. The fourth-order valence-electron chi connectivity index (χ4n) is 1.72. The molecule has 0 saturated heterocycles. The van der Waals surface area contributed by atoms with E-state index in [1.54, 1.807) is 23.6 Å². The van der Waals surface area contributed by atoms with Gasteiger partial charge in [0.15, 0.2) is 5.82 Å². The second kappa shape index (κ2) is 7.36. The third-order valence-corrected chi connectivity index (χ3v) is 3.74. The fraction of sp³-hybridized carbons (Fsp3) is 0.400. The standard InChI is InChI=1S/C15H19FN2OS/c1-11(2)18-10-12-5-7-17-15(14(12)16)19-8-6-13-4-3-9-20-13/h3-5,7,9,11,18H,6,8,10H2,1-2H3. The van der Waals surface area contributed by atoms with Crippen LogP contribution in [0, 0.1) is 5.82 Å². The lowest BCUT2D eigenvalue weighted by atomic mass is 10.2. The molecule has 0 unspecified atom stereocenters. The zero-order chi connectivity index (χ0) is 14.4. The molecule has 3 nitrogen and oxygen atoms in total. The second-order valence-electron chi connectivity index (χ2n) is 4.80. The molecular weight excluding hydrogens is 275 g/mol. The van der Waals surface area contributed by atoms with E-state index in [9.17, 15) is 4.39 Å². The van der Waals surface area contributed by atoms with Gasteiger partial charge in [-0.2, -0.15) is 0 Å². The summed E-state index contributed by atoms with van der Waals surface area (Å²) in [6, 6.07) is 6.03. The molecule has 0 saturated carbocycles. The summed E-state index contributed by atoms with van der Waals surface area (Å²) in [5.41, 5.74) is 0.583. The van der Waals surface area contributed by atoms with Crippen molar-refractivity contribution in [1.82, 2.24) is 10.3 Å². The van der Waals surface area contributed by atoms with Gasteiger partial charge >= 0.3 is 0 Å². The van der Waals surface area contributed by atoms with Crippen LogP contribution >= 0.6 is 11.3 Å². The first kappa shape index (κ1) is 14.9. The molecule has 108 valence electrons. The molecule has 0 amide bonds. The van der Waals surface area contributed by atoms with Crippen LogP contribution in [0.3, 0.4) is 0 Å². The van der Waals surface area contributed by atoms with Crippen LogP contribution in [-0.4, -0.2) is 17.6 Å². The van der Waals surface area contributed by atoms with Gasteiger partial charge in [-0.05, 0) is 17.5 Å². The second-order valence-corrected chi connectivity index (χ2v) is 5.83. The molecule has 0 aliphatic carbocycles. The summed E-state index contributed by atoms with van der Waals surface area (Å²) >= 11 is 1.67. The van der Waals surface area contributed by atoms with Crippen LogP contribution in [0.2, 0.25) is 0 Å². The number of rotatable bonds is 7. The number of nitrogens with zero attached hydrogens (tertiary/aromatic N) is 1. The average molecular weight is 294 g/mol. The molecule has 0 spiro atoms. The van der Waals surface area contributed by atoms with Crippen molar-refractivity contribution in [1.29, 1.82) is 0 Å². The SMILES string of the molecule is CC(C)NCc1ccnc(OCCc2cccs2)c1F. The molecule has 2 rings (SSSR count). The first-order valence-electron chi connectivity index (χ1n) is 6.68. The van der Waals surface area contributed by atoms with E-state index in [1.807, 2.05) is 31.4 Å². The van der Waals surface area contributed by atoms with Gasteiger partial charge in [0.05, 0.1) is 6.61 Å². The van der Waals surface area contributed by atoms with E-state index in [0.29, 0.717) is 24.8 Å². The smallest absolute Gasteiger partial charge is 0.250 e. The number of halogens is 1. The molecule has 0 aliphatic heterocycles. The Bertz CT molecular complexity index is 529. The zero-order valence-corrected chi connectivity index (χ0v) is 12.5. The summed E-state index contributed by atoms with van der Waals surface area (Å²) in [7, 11) is 0. The minimum atomic E-state index is -0.369. The third-order valence-electron chi connectivity index (χ3n) is 2.81. The predicted octanol–water partition coefficient (Wildman–Crippen LogP) is 3.40. The summed E-state index contributed by atoms with van der Waals surface area (Å²) < 4.78 is 19.6. The molecule has 5 heteroatoms. The largest absolute Gasteiger partial charge is 0.475 e. The van der Waals surface area contributed by atoms with Crippen molar-refractivity contribution < 1.29 is 9.13 Å². The molecule has 2 aromatic rings. The van der Waals surface area contributed by atoms with E-state index in [1.165, 1.54) is 4.88 Å². The Morgan fingerprint density at radius 2 is 2.25 bits per heavy atom. The topological polar surface area (TPSA) is 34.2 Å². The van der Waals surface area contributed by atoms with Crippen molar-refractivity contribution in [3.63, 3.8) is 0 Å². The highest BCUT2D eigenvalue weighted by Gasteiger charge is 2.11. The van der Waals surface area contributed by atoms with E-state index in [4.69, 9.17) is 4.74 Å². The molecule has 0 bridgehead atoms. The van der Waals surface area contributed by atoms with Gasteiger partial charge in [-0.1, -0.05) is 19.9 Å². The maximum absolute atomic E-state index is 14.2. The summed E-state index contributed by atoms with van der Waals surface area (Å²) in [6.45, 7) is 4.97. The summed E-state index contributed by atoms with van der Waals surface area (Å²) in [5.74, 6) is -0.281. The molecular formula is C15H19FN2OS. The van der Waals surface area contributed by atoms with E-state index in [-0.39, 0.29) is 11.7 Å². The lowest BCUT2D eigenvalue weighted by Crippen LogP contribution is -2.22. The van der Waals surface area contributed by atoms with Crippen molar-refractivity contribution >= 4 is 11.3 Å². The molecule has 0 aliphatic rings. The van der Waals surface area contributed by atoms with Crippen molar-refractivity contribution in [2.24, 2.45) is 0 Å². The van der Waals surface area contributed by atoms with Crippen molar-refractivity contribution in [3.05, 3.63) is 46.0 Å². The number of aromatic nitrogens is 1. The Kier molecular flexibility index (Phi) is 5.49. The quantitative estimate of drug-likeness (QED) is 0.850. The number of ether oxygens (including phenoxy) is 1. The first-order valence-corrected chi connectivity index (χ1v) is 7.56. The van der Waals surface area contributed by atoms with Crippen LogP contribution in [0.25, 0.3) is 0 Å². The van der Waals surface area contributed by atoms with Crippen LogP contribution in [-0.2, 0) is 13.0 Å². The van der Waals surface area contributed by atoms with E-state index in [2.05, 4.69) is 10.3 Å². The molecule has 0 atom stereocenters. The van der Waals surface area contributed by atoms with Gasteiger partial charge in [0.25, 0.3) is 5.88 Å². The zero-order valence-electron chi connectivity index (χ0n) is 11.7. The Balaban J connectivity index is 1.92. The third kappa shape index (κ3) is 4.28. The fourth-order valence-corrected chi connectivity index (χ4v) is 2.41. The van der Waals surface area contributed by atoms with Crippen LogP contribution in [0.15, 0.2) is 29.8 Å². The van der Waals surface area contributed by atoms with E-state index in [0.717, 1.165) is 6.42 Å². The van der Waals surface area contributed by atoms with Crippen LogP contribution in [0.1, 0.15) is 24.3 Å². The van der Waals surface area contributed by atoms with Crippen molar-refractivity contribution in [2.75, 3.05) is 6.61 Å². The highest BCUT2D eigenvalue weighted by atomic mass is 32.1. The van der Waals surface area contributed by atoms with Gasteiger partial charge in [0.2, 0.25) is 0 Å². The maximum atomic E-state index is 14.2. The number of pyridine rings is 1. The summed E-state index contributed by atoms with van der Waals surface area (Å²) in [5, 5.41) is 5.21. The Morgan fingerprint density at radius 1 is 1.40 bits per heavy atom. The number of thiophene rings is 1. The summed E-state index contributed by atoms with van der Waals surface area (Å²) in [6.07, 6.45) is 2.36. The van der Waals surface area contributed by atoms with Crippen molar-refractivity contribution in [3.8, 4) is 5.88 Å². The highest BCUT2D eigenvalue weighted by molar-refractivity contribution is 7.09. The number of hydrogen-bond donors (Lipinski definition) is 1. The van der Waals surface area contributed by atoms with Crippen molar-refractivity contribution in [2.45, 2.75) is 32.9 Å². The monoisotopic (exact) mass is 294 g/mol. The van der Waals surface area contributed by atoms with Crippen LogP contribution < -0.4 is 10.1 Å². The average Bonchev–Trinajstić information content (AvgIpc) is 2.92. The van der Waals surface area contributed by atoms with Gasteiger partial charge in [-0.25, -0.2) is 9.37 Å². The molecule has 1 N–H and O–H groups in total. The van der Waals surface area contributed by atoms with Crippen LogP contribution in [0.4, 0.5) is 4.39 Å². The Labute approximate surface area is 122 Å². The Hall–Kier alpha value is -1.46. The predicted molar refractivity (Wildman–Crippen MR) is 79.7 cm³/mol. The van der Waals surface area contributed by atoms with Gasteiger partial charge in [-0.15, -0.1) is 11.3 Å². The van der Waals surface area contributed by atoms with Gasteiger partial charge in [0, 0.05) is 35.6 Å². The lowest BCUT2D eigenvalue weighted by molar-refractivity contribution is 0.291. The number of nitrogens with one attached hydrogen (secondary N) is 1. The normalized spacial score (nSPS) is 11.0. The minimum absolute atomic E-state index is 0.0876. The van der Waals surface area contributed by atoms with E-state index < -0.39 is 0 Å². The molecule has 20 heavy (non-hydrogen) atoms. The number of hydrogen-bond acceptors (Lipinski definition) is 4. The van der Waals surface area contributed by atoms with Crippen LogP contribution in [0.5, 0.6) is 5.88 Å². The highest BCUT2D eigenvalue weighted by Crippen LogP contribution is 2.18.